The van der Waals surface area contributed by atoms with Crippen LogP contribution in [0, 0.1) is 5.82 Å². The number of halogens is 2. The Kier molecular flexibility index (Phi) is 8.67. The average Bonchev–Trinajstić information content (AvgIpc) is 3.45. The smallest absolute Gasteiger partial charge is 0.232 e. The molecule has 1 unspecified atom stereocenters. The fourth-order valence-electron chi connectivity index (χ4n) is 5.27. The van der Waals surface area contributed by atoms with Gasteiger partial charge < -0.3 is 14.4 Å². The van der Waals surface area contributed by atoms with Crippen molar-refractivity contribution in [3.8, 4) is 28.3 Å². The summed E-state index contributed by atoms with van der Waals surface area (Å²) >= 11 is 2.30. The van der Waals surface area contributed by atoms with E-state index in [2.05, 4.69) is 36.8 Å². The second kappa shape index (κ2) is 12.5. The Labute approximate surface area is 263 Å². The molecule has 2 aromatic heterocycles. The summed E-state index contributed by atoms with van der Waals surface area (Å²) in [6.07, 6.45) is 2.70. The summed E-state index contributed by atoms with van der Waals surface area (Å²) in [5.41, 5.74) is 3.05. The van der Waals surface area contributed by atoms with Gasteiger partial charge in [-0.3, -0.25) is 4.72 Å². The lowest BCUT2D eigenvalue weighted by atomic mass is 10.0. The maximum Gasteiger partial charge on any atom is 0.232 e. The number of anilines is 2. The molecule has 0 spiro atoms. The van der Waals surface area contributed by atoms with Crippen LogP contribution < -0.4 is 14.4 Å². The number of sulfonamides is 1. The zero-order valence-corrected chi connectivity index (χ0v) is 27.4. The van der Waals surface area contributed by atoms with Gasteiger partial charge in [0.1, 0.15) is 17.1 Å². The van der Waals surface area contributed by atoms with Gasteiger partial charge in [-0.2, -0.15) is 5.10 Å². The topological polar surface area (TPSA) is 111 Å². The van der Waals surface area contributed by atoms with E-state index in [0.717, 1.165) is 16.5 Å². The fraction of sp³-hybridized carbons (Fsp3) is 0.276. The molecular weight excluding hydrogens is 705 g/mol. The van der Waals surface area contributed by atoms with E-state index in [0.29, 0.717) is 73.0 Å². The maximum absolute atomic E-state index is 15.9. The summed E-state index contributed by atoms with van der Waals surface area (Å²) in [5, 5.41) is 6.17. The maximum atomic E-state index is 15.9. The molecule has 0 radical (unpaired) electrons. The van der Waals surface area contributed by atoms with Crippen LogP contribution in [0.2, 0.25) is 0 Å². The Balaban J connectivity index is 1.56. The molecule has 3 heterocycles. The molecule has 0 saturated carbocycles. The number of benzene rings is 3. The van der Waals surface area contributed by atoms with Crippen LogP contribution in [0.1, 0.15) is 13.3 Å². The first-order valence-electron chi connectivity index (χ1n) is 13.7. The number of methoxy groups -OCH3 is 1. The van der Waals surface area contributed by atoms with Crippen LogP contribution in [0.3, 0.4) is 0 Å². The van der Waals surface area contributed by atoms with E-state index in [1.807, 2.05) is 34.9 Å². The molecule has 6 rings (SSSR count). The minimum atomic E-state index is -3.68. The van der Waals surface area contributed by atoms with E-state index in [9.17, 15) is 8.42 Å². The van der Waals surface area contributed by atoms with Gasteiger partial charge in [-0.1, -0.05) is 31.2 Å². The van der Waals surface area contributed by atoms with Gasteiger partial charge >= 0.3 is 0 Å². The van der Waals surface area contributed by atoms with Crippen molar-refractivity contribution in [1.29, 1.82) is 0 Å². The number of nitrogens with zero attached hydrogens (tertiary/aromatic N) is 5. The molecular formula is C29H29FIN6O4PS. The Morgan fingerprint density at radius 2 is 1.86 bits per heavy atom. The SMILES string of the molecule is CCCS(=O)(=O)Nc1cccc(-c2cc(OC)c3nc(-c4cccc5c4cnn5PI)nc(N4CCOCC4)c3c2)c1F. The summed E-state index contributed by atoms with van der Waals surface area (Å²) < 4.78 is 56.4. The number of ether oxygens (including phenoxy) is 2. The van der Waals surface area contributed by atoms with Crippen LogP contribution in [-0.4, -0.2) is 67.1 Å². The molecule has 0 bridgehead atoms. The summed E-state index contributed by atoms with van der Waals surface area (Å²) in [6.45, 7) is 4.10. The lowest BCUT2D eigenvalue weighted by Crippen LogP contribution is -2.37. The zero-order valence-electron chi connectivity index (χ0n) is 23.5. The van der Waals surface area contributed by atoms with Crippen molar-refractivity contribution < 1.29 is 22.3 Å². The zero-order chi connectivity index (χ0) is 30.1. The number of hydrogen-bond donors (Lipinski definition) is 1. The highest BCUT2D eigenvalue weighted by atomic mass is 127. The van der Waals surface area contributed by atoms with Crippen molar-refractivity contribution in [3.63, 3.8) is 0 Å². The van der Waals surface area contributed by atoms with Gasteiger partial charge in [-0.25, -0.2) is 27.2 Å². The van der Waals surface area contributed by atoms with Gasteiger partial charge in [-0.15, -0.1) is 0 Å². The molecule has 5 aromatic rings. The van der Waals surface area contributed by atoms with E-state index >= 15 is 4.39 Å². The Hall–Kier alpha value is -3.13. The quantitative estimate of drug-likeness (QED) is 0.140. The van der Waals surface area contributed by atoms with E-state index < -0.39 is 15.8 Å². The number of fused-ring (bicyclic) bond motifs is 2. The Bertz CT molecular complexity index is 1930. The Morgan fingerprint density at radius 1 is 1.09 bits per heavy atom. The number of morpholine rings is 1. The van der Waals surface area contributed by atoms with Gasteiger partial charge in [0.2, 0.25) is 10.0 Å². The summed E-state index contributed by atoms with van der Waals surface area (Å²) in [5.74, 6) is 0.882. The second-order valence-electron chi connectivity index (χ2n) is 10.0. The van der Waals surface area contributed by atoms with Crippen molar-refractivity contribution in [1.82, 2.24) is 19.5 Å². The van der Waals surface area contributed by atoms with E-state index in [1.165, 1.54) is 6.07 Å². The third-order valence-corrected chi connectivity index (χ3v) is 10.6. The summed E-state index contributed by atoms with van der Waals surface area (Å²) in [4.78, 5) is 12.2. The minimum Gasteiger partial charge on any atom is -0.494 e. The predicted molar refractivity (Wildman–Crippen MR) is 179 cm³/mol. The minimum absolute atomic E-state index is 0.101. The lowest BCUT2D eigenvalue weighted by Gasteiger charge is -2.29. The van der Waals surface area contributed by atoms with Crippen LogP contribution in [0.25, 0.3) is 44.3 Å². The van der Waals surface area contributed by atoms with Crippen LogP contribution >= 0.6 is 28.4 Å². The van der Waals surface area contributed by atoms with Crippen molar-refractivity contribution in [2.24, 2.45) is 0 Å². The third kappa shape index (κ3) is 5.87. The van der Waals surface area contributed by atoms with Gasteiger partial charge in [0.15, 0.2) is 11.6 Å². The lowest BCUT2D eigenvalue weighted by molar-refractivity contribution is 0.122. The van der Waals surface area contributed by atoms with Crippen molar-refractivity contribution in [2.75, 3.05) is 48.8 Å². The highest BCUT2D eigenvalue weighted by Crippen LogP contribution is 2.40. The van der Waals surface area contributed by atoms with Gasteiger partial charge in [0.25, 0.3) is 0 Å². The average molecular weight is 735 g/mol. The Morgan fingerprint density at radius 3 is 2.60 bits per heavy atom. The van der Waals surface area contributed by atoms with Crippen LogP contribution in [0.5, 0.6) is 5.75 Å². The normalized spacial score (nSPS) is 14.3. The number of hydrogen-bond acceptors (Lipinski definition) is 8. The van der Waals surface area contributed by atoms with Gasteiger partial charge in [-0.05, 0) is 58.3 Å². The predicted octanol–water partition coefficient (Wildman–Crippen LogP) is 6.24. The van der Waals surface area contributed by atoms with Gasteiger partial charge in [0.05, 0.1) is 49.9 Å². The highest BCUT2D eigenvalue weighted by molar-refractivity contribution is 14.2. The van der Waals surface area contributed by atoms with E-state index in [1.54, 1.807) is 32.2 Å². The monoisotopic (exact) mass is 734 g/mol. The van der Waals surface area contributed by atoms with Crippen molar-refractivity contribution in [2.45, 2.75) is 13.3 Å². The highest BCUT2D eigenvalue weighted by Gasteiger charge is 2.23. The molecule has 1 saturated heterocycles. The molecule has 14 heteroatoms. The molecule has 1 N–H and O–H groups in total. The molecule has 0 amide bonds. The van der Waals surface area contributed by atoms with E-state index in [4.69, 9.17) is 19.4 Å². The number of rotatable bonds is 9. The molecule has 1 fully saturated rings. The van der Waals surface area contributed by atoms with E-state index in [-0.39, 0.29) is 17.0 Å². The number of nitrogens with one attached hydrogen (secondary N) is 1. The van der Waals surface area contributed by atoms with Crippen LogP contribution in [-0.2, 0) is 14.8 Å². The van der Waals surface area contributed by atoms with Gasteiger partial charge in [0, 0.05) is 35.0 Å². The standard InChI is InChI=1S/C29H29FIN6O4PS/c1-3-14-43(38,39)35-23-8-4-6-19(26(23)30)18-15-21-27(25(16-18)40-2)33-28(34-29(21)36-10-12-41-13-11-36)20-7-5-9-24-22(20)17-32-37(24)42-31/h4-9,15-17,35,42H,3,10-14H2,1-2H3. The molecule has 3 aromatic carbocycles. The first-order chi connectivity index (χ1) is 20.8. The largest absolute Gasteiger partial charge is 0.494 e. The second-order valence-corrected chi connectivity index (χ2v) is 13.9. The molecule has 1 aliphatic heterocycles. The number of aromatic nitrogens is 4. The van der Waals surface area contributed by atoms with Crippen molar-refractivity contribution in [3.05, 3.63) is 60.5 Å². The van der Waals surface area contributed by atoms with Crippen molar-refractivity contribution >= 4 is 71.7 Å². The molecule has 1 atom stereocenters. The molecule has 1 aliphatic rings. The first-order valence-corrected chi connectivity index (χ1v) is 19.4. The summed E-state index contributed by atoms with van der Waals surface area (Å²) in [7, 11) is -2.13. The molecule has 224 valence electrons. The summed E-state index contributed by atoms with van der Waals surface area (Å²) in [6, 6.07) is 14.2. The fourth-order valence-corrected chi connectivity index (χ4v) is 7.94. The third-order valence-electron chi connectivity index (χ3n) is 7.26. The van der Waals surface area contributed by atoms with Crippen LogP contribution in [0.15, 0.2) is 54.7 Å². The first kappa shape index (κ1) is 29.9. The molecule has 43 heavy (non-hydrogen) atoms. The molecule has 10 nitrogen and oxygen atoms in total. The molecule has 0 aliphatic carbocycles. The van der Waals surface area contributed by atoms with Crippen LogP contribution in [0.4, 0.5) is 15.9 Å².